The molecule has 1 unspecified atom stereocenters. The SMILES string of the molecule is CCC(C)(CO)CNc1ccc(-c2nccs2)cc1. The maximum absolute atomic E-state index is 9.39. The molecular formula is C15H20N2OS. The third-order valence-corrected chi connectivity index (χ3v) is 4.34. The van der Waals surface area contributed by atoms with Gasteiger partial charge < -0.3 is 10.4 Å². The topological polar surface area (TPSA) is 45.1 Å². The molecule has 0 radical (unpaired) electrons. The molecule has 3 nitrogen and oxygen atoms in total. The summed E-state index contributed by atoms with van der Waals surface area (Å²) >= 11 is 1.64. The predicted molar refractivity (Wildman–Crippen MR) is 81.5 cm³/mol. The lowest BCUT2D eigenvalue weighted by Gasteiger charge is -2.26. The number of aliphatic hydroxyl groups excluding tert-OH is 1. The maximum atomic E-state index is 9.39. The number of nitrogens with one attached hydrogen (secondary N) is 1. The largest absolute Gasteiger partial charge is 0.396 e. The van der Waals surface area contributed by atoms with Gasteiger partial charge in [0.2, 0.25) is 0 Å². The van der Waals surface area contributed by atoms with E-state index >= 15 is 0 Å². The molecule has 0 saturated carbocycles. The van der Waals surface area contributed by atoms with Crippen LogP contribution in [-0.2, 0) is 0 Å². The van der Waals surface area contributed by atoms with Crippen LogP contribution >= 0.6 is 11.3 Å². The van der Waals surface area contributed by atoms with Gasteiger partial charge in [-0.2, -0.15) is 0 Å². The van der Waals surface area contributed by atoms with Crippen molar-refractivity contribution in [1.29, 1.82) is 0 Å². The summed E-state index contributed by atoms with van der Waals surface area (Å²) < 4.78 is 0. The molecule has 0 spiro atoms. The summed E-state index contributed by atoms with van der Waals surface area (Å²) in [6, 6.07) is 8.27. The highest BCUT2D eigenvalue weighted by molar-refractivity contribution is 7.13. The van der Waals surface area contributed by atoms with Crippen LogP contribution < -0.4 is 5.32 Å². The van der Waals surface area contributed by atoms with Crippen LogP contribution in [0.2, 0.25) is 0 Å². The number of anilines is 1. The van der Waals surface area contributed by atoms with Crippen molar-refractivity contribution in [2.45, 2.75) is 20.3 Å². The molecule has 0 bridgehead atoms. The Kier molecular flexibility index (Phi) is 4.56. The van der Waals surface area contributed by atoms with Gasteiger partial charge in [0, 0.05) is 34.8 Å². The molecule has 2 aromatic rings. The number of aliphatic hydroxyl groups is 1. The third-order valence-electron chi connectivity index (χ3n) is 3.52. The highest BCUT2D eigenvalue weighted by Gasteiger charge is 2.20. The molecule has 0 fully saturated rings. The molecule has 0 saturated heterocycles. The first-order chi connectivity index (χ1) is 9.17. The Labute approximate surface area is 118 Å². The van der Waals surface area contributed by atoms with Gasteiger partial charge >= 0.3 is 0 Å². The van der Waals surface area contributed by atoms with Gasteiger partial charge in [-0.25, -0.2) is 4.98 Å². The van der Waals surface area contributed by atoms with Crippen LogP contribution in [0.1, 0.15) is 20.3 Å². The Morgan fingerprint density at radius 3 is 2.58 bits per heavy atom. The lowest BCUT2D eigenvalue weighted by atomic mass is 9.88. The number of thiazole rings is 1. The van der Waals surface area contributed by atoms with E-state index in [1.54, 1.807) is 11.3 Å². The van der Waals surface area contributed by atoms with Crippen LogP contribution in [0.25, 0.3) is 10.6 Å². The zero-order valence-corrected chi connectivity index (χ0v) is 12.2. The number of nitrogens with zero attached hydrogens (tertiary/aromatic N) is 1. The Hall–Kier alpha value is -1.39. The van der Waals surface area contributed by atoms with Crippen molar-refractivity contribution >= 4 is 17.0 Å². The molecule has 1 heterocycles. The molecule has 1 aromatic heterocycles. The number of benzene rings is 1. The molecule has 0 aliphatic carbocycles. The third kappa shape index (κ3) is 3.55. The van der Waals surface area contributed by atoms with Gasteiger partial charge in [0.15, 0.2) is 0 Å². The second-order valence-electron chi connectivity index (χ2n) is 5.09. The molecule has 0 amide bonds. The fourth-order valence-electron chi connectivity index (χ4n) is 1.70. The highest BCUT2D eigenvalue weighted by Crippen LogP contribution is 2.25. The highest BCUT2D eigenvalue weighted by atomic mass is 32.1. The van der Waals surface area contributed by atoms with Crippen molar-refractivity contribution in [1.82, 2.24) is 4.98 Å². The summed E-state index contributed by atoms with van der Waals surface area (Å²) in [5, 5.41) is 15.8. The smallest absolute Gasteiger partial charge is 0.123 e. The summed E-state index contributed by atoms with van der Waals surface area (Å²) in [4.78, 5) is 4.29. The zero-order chi connectivity index (χ0) is 13.7. The molecule has 0 aliphatic rings. The minimum absolute atomic E-state index is 0.0615. The average molecular weight is 276 g/mol. The maximum Gasteiger partial charge on any atom is 0.123 e. The standard InChI is InChI=1S/C15H20N2OS/c1-3-15(2,11-18)10-17-13-6-4-12(5-7-13)14-16-8-9-19-14/h4-9,17-18H,3,10-11H2,1-2H3. The van der Waals surface area contributed by atoms with Gasteiger partial charge in [-0.3, -0.25) is 0 Å². The minimum atomic E-state index is -0.0615. The summed E-state index contributed by atoms with van der Waals surface area (Å²) in [6.07, 6.45) is 2.77. The quantitative estimate of drug-likeness (QED) is 0.847. The molecule has 1 aromatic carbocycles. The summed E-state index contributed by atoms with van der Waals surface area (Å²) in [7, 11) is 0. The number of rotatable bonds is 6. The van der Waals surface area contributed by atoms with Crippen molar-refractivity contribution in [3.63, 3.8) is 0 Å². The molecule has 2 rings (SSSR count). The van der Waals surface area contributed by atoms with Gasteiger partial charge in [-0.1, -0.05) is 13.8 Å². The van der Waals surface area contributed by atoms with E-state index in [1.165, 1.54) is 0 Å². The van der Waals surface area contributed by atoms with E-state index < -0.39 is 0 Å². The Bertz CT molecular complexity index is 489. The average Bonchev–Trinajstić information content (AvgIpc) is 2.99. The van der Waals surface area contributed by atoms with E-state index in [1.807, 2.05) is 11.6 Å². The first-order valence-corrected chi connectivity index (χ1v) is 7.39. The van der Waals surface area contributed by atoms with Crippen molar-refractivity contribution in [2.24, 2.45) is 5.41 Å². The van der Waals surface area contributed by atoms with E-state index in [0.29, 0.717) is 0 Å². The second kappa shape index (κ2) is 6.17. The fourth-order valence-corrected chi connectivity index (χ4v) is 2.35. The minimum Gasteiger partial charge on any atom is -0.396 e. The Balaban J connectivity index is 2.00. The molecule has 2 N–H and O–H groups in total. The van der Waals surface area contributed by atoms with Crippen LogP contribution in [0.4, 0.5) is 5.69 Å². The predicted octanol–water partition coefficient (Wildman–Crippen LogP) is 3.63. The van der Waals surface area contributed by atoms with E-state index in [9.17, 15) is 5.11 Å². The number of aromatic nitrogens is 1. The normalized spacial score (nSPS) is 14.1. The number of hydrogen-bond donors (Lipinski definition) is 2. The molecule has 19 heavy (non-hydrogen) atoms. The zero-order valence-electron chi connectivity index (χ0n) is 11.4. The van der Waals surface area contributed by atoms with Gasteiger partial charge in [0.25, 0.3) is 0 Å². The Morgan fingerprint density at radius 1 is 1.32 bits per heavy atom. The van der Waals surface area contributed by atoms with Gasteiger partial charge in [0.05, 0.1) is 6.61 Å². The first kappa shape index (κ1) is 14.0. The van der Waals surface area contributed by atoms with Crippen molar-refractivity contribution in [3.8, 4) is 10.6 Å². The van der Waals surface area contributed by atoms with Gasteiger partial charge in [-0.15, -0.1) is 11.3 Å². The molecular weight excluding hydrogens is 256 g/mol. The van der Waals surface area contributed by atoms with Crippen LogP contribution in [-0.4, -0.2) is 23.2 Å². The van der Waals surface area contributed by atoms with Crippen molar-refractivity contribution < 1.29 is 5.11 Å². The van der Waals surface area contributed by atoms with E-state index in [4.69, 9.17) is 0 Å². The van der Waals surface area contributed by atoms with Crippen molar-refractivity contribution in [3.05, 3.63) is 35.8 Å². The van der Waals surface area contributed by atoms with Crippen LogP contribution in [0, 0.1) is 5.41 Å². The Morgan fingerprint density at radius 2 is 2.05 bits per heavy atom. The monoisotopic (exact) mass is 276 g/mol. The molecule has 102 valence electrons. The van der Waals surface area contributed by atoms with Gasteiger partial charge in [0.1, 0.15) is 5.01 Å². The summed E-state index contributed by atoms with van der Waals surface area (Å²) in [5.74, 6) is 0. The van der Waals surface area contributed by atoms with E-state index in [2.05, 4.69) is 48.4 Å². The first-order valence-electron chi connectivity index (χ1n) is 6.51. The molecule has 4 heteroatoms. The van der Waals surface area contributed by atoms with Gasteiger partial charge in [-0.05, 0) is 30.7 Å². The van der Waals surface area contributed by atoms with E-state index in [-0.39, 0.29) is 12.0 Å². The lowest BCUT2D eigenvalue weighted by molar-refractivity contribution is 0.149. The van der Waals surface area contributed by atoms with Crippen LogP contribution in [0.3, 0.4) is 0 Å². The van der Waals surface area contributed by atoms with E-state index in [0.717, 1.165) is 29.2 Å². The lowest BCUT2D eigenvalue weighted by Crippen LogP contribution is -2.29. The van der Waals surface area contributed by atoms with Crippen LogP contribution in [0.15, 0.2) is 35.8 Å². The van der Waals surface area contributed by atoms with Crippen LogP contribution in [0.5, 0.6) is 0 Å². The summed E-state index contributed by atoms with van der Waals surface area (Å²) in [5.41, 5.74) is 2.16. The second-order valence-corrected chi connectivity index (χ2v) is 5.99. The molecule has 1 atom stereocenters. The molecule has 0 aliphatic heterocycles. The fraction of sp³-hybridized carbons (Fsp3) is 0.400. The summed E-state index contributed by atoms with van der Waals surface area (Å²) in [6.45, 7) is 5.16. The number of hydrogen-bond acceptors (Lipinski definition) is 4. The van der Waals surface area contributed by atoms with Crippen molar-refractivity contribution in [2.75, 3.05) is 18.5 Å².